The number of hydrogen-bond acceptors (Lipinski definition) is 4. The molecule has 0 saturated carbocycles. The van der Waals surface area contributed by atoms with E-state index in [4.69, 9.17) is 10.5 Å². The predicted molar refractivity (Wildman–Crippen MR) is 78.2 cm³/mol. The monoisotopic (exact) mass is 317 g/mol. The van der Waals surface area contributed by atoms with E-state index in [1.165, 1.54) is 23.1 Å². The van der Waals surface area contributed by atoms with Crippen molar-refractivity contribution in [3.05, 3.63) is 24.0 Å². The normalized spacial score (nSPS) is 16.3. The molecule has 0 radical (unpaired) electrons. The number of hydrogen-bond donors (Lipinski definition) is 2. The molecule has 1 aromatic rings. The molecule has 1 aromatic carbocycles. The van der Waals surface area contributed by atoms with Crippen LogP contribution in [0.1, 0.15) is 6.92 Å². The fourth-order valence-corrected chi connectivity index (χ4v) is 1.99. The Balaban J connectivity index is 0.00000220. The minimum atomic E-state index is -0.429. The molecule has 3 N–H and O–H groups in total. The lowest BCUT2D eigenvalue weighted by atomic mass is 10.2. The second-order valence-corrected chi connectivity index (χ2v) is 4.53. The van der Waals surface area contributed by atoms with Gasteiger partial charge in [-0.2, -0.15) is 0 Å². The second kappa shape index (κ2) is 7.24. The molecular weight excluding hydrogens is 301 g/mol. The third-order valence-electron chi connectivity index (χ3n) is 2.90. The molecule has 6 nitrogen and oxygen atoms in total. The SMILES string of the molecule is CC1CN(C(=O)CNC(=O)CN)c2ccc(F)cc2O1.Cl. The van der Waals surface area contributed by atoms with Crippen molar-refractivity contribution in [2.45, 2.75) is 13.0 Å². The van der Waals surface area contributed by atoms with E-state index in [2.05, 4.69) is 5.32 Å². The highest BCUT2D eigenvalue weighted by molar-refractivity contribution is 5.98. The van der Waals surface area contributed by atoms with Crippen LogP contribution < -0.4 is 20.7 Å². The first-order chi connectivity index (χ1) is 9.51. The molecule has 21 heavy (non-hydrogen) atoms. The fraction of sp³-hybridized carbons (Fsp3) is 0.385. The molecule has 0 spiro atoms. The Morgan fingerprint density at radius 3 is 2.90 bits per heavy atom. The van der Waals surface area contributed by atoms with Gasteiger partial charge in [0.2, 0.25) is 11.8 Å². The summed E-state index contributed by atoms with van der Waals surface area (Å²) in [7, 11) is 0. The van der Waals surface area contributed by atoms with Crippen molar-refractivity contribution in [3.8, 4) is 5.75 Å². The van der Waals surface area contributed by atoms with Crippen LogP contribution in [0.4, 0.5) is 10.1 Å². The largest absolute Gasteiger partial charge is 0.487 e. The quantitative estimate of drug-likeness (QED) is 0.847. The third-order valence-corrected chi connectivity index (χ3v) is 2.90. The maximum atomic E-state index is 13.2. The first kappa shape index (κ1) is 17.2. The average molecular weight is 318 g/mol. The molecule has 1 aliphatic rings. The van der Waals surface area contributed by atoms with Gasteiger partial charge >= 0.3 is 0 Å². The Morgan fingerprint density at radius 2 is 2.24 bits per heavy atom. The van der Waals surface area contributed by atoms with E-state index < -0.39 is 11.7 Å². The maximum absolute atomic E-state index is 13.2. The summed E-state index contributed by atoms with van der Waals surface area (Å²) in [6.07, 6.45) is -0.251. The van der Waals surface area contributed by atoms with Gasteiger partial charge in [0.15, 0.2) is 0 Å². The van der Waals surface area contributed by atoms with Crippen molar-refractivity contribution < 1.29 is 18.7 Å². The van der Waals surface area contributed by atoms with Crippen molar-refractivity contribution in [3.63, 3.8) is 0 Å². The lowest BCUT2D eigenvalue weighted by Gasteiger charge is -2.33. The van der Waals surface area contributed by atoms with Gasteiger partial charge in [-0.25, -0.2) is 4.39 Å². The number of benzene rings is 1. The number of nitrogens with one attached hydrogen (secondary N) is 1. The van der Waals surface area contributed by atoms with Crippen LogP contribution in [0, 0.1) is 5.82 Å². The van der Waals surface area contributed by atoms with Gasteiger partial charge in [-0.05, 0) is 19.1 Å². The Labute approximate surface area is 127 Å². The van der Waals surface area contributed by atoms with Crippen LogP contribution in [-0.4, -0.2) is 37.6 Å². The number of nitrogens with zero attached hydrogens (tertiary/aromatic N) is 1. The van der Waals surface area contributed by atoms with Crippen molar-refractivity contribution in [1.82, 2.24) is 5.32 Å². The number of amides is 2. The van der Waals surface area contributed by atoms with Gasteiger partial charge in [-0.15, -0.1) is 12.4 Å². The Bertz CT molecular complexity index is 541. The van der Waals surface area contributed by atoms with E-state index in [1.54, 1.807) is 6.92 Å². The molecule has 0 aromatic heterocycles. The third kappa shape index (κ3) is 4.05. The molecule has 116 valence electrons. The molecule has 1 unspecified atom stereocenters. The lowest BCUT2D eigenvalue weighted by molar-refractivity contribution is -0.124. The summed E-state index contributed by atoms with van der Waals surface area (Å²) in [4.78, 5) is 24.7. The van der Waals surface area contributed by atoms with E-state index in [9.17, 15) is 14.0 Å². The summed E-state index contributed by atoms with van der Waals surface area (Å²) in [5, 5.41) is 2.42. The van der Waals surface area contributed by atoms with Crippen LogP contribution in [0.25, 0.3) is 0 Å². The summed E-state index contributed by atoms with van der Waals surface area (Å²) >= 11 is 0. The highest BCUT2D eigenvalue weighted by Gasteiger charge is 2.27. The summed E-state index contributed by atoms with van der Waals surface area (Å²) in [6, 6.07) is 3.99. The molecule has 8 heteroatoms. The zero-order valence-electron chi connectivity index (χ0n) is 11.5. The highest BCUT2D eigenvalue weighted by atomic mass is 35.5. The lowest BCUT2D eigenvalue weighted by Crippen LogP contribution is -2.47. The summed E-state index contributed by atoms with van der Waals surface area (Å²) in [5.41, 5.74) is 5.65. The molecule has 1 atom stereocenters. The van der Waals surface area contributed by atoms with E-state index in [0.29, 0.717) is 18.0 Å². The van der Waals surface area contributed by atoms with Crippen LogP contribution >= 0.6 is 12.4 Å². The Kier molecular flexibility index (Phi) is 5.92. The number of carbonyl (C=O) groups excluding carboxylic acids is 2. The highest BCUT2D eigenvalue weighted by Crippen LogP contribution is 2.33. The van der Waals surface area contributed by atoms with Gasteiger partial charge in [0.25, 0.3) is 0 Å². The van der Waals surface area contributed by atoms with Crippen LogP contribution in [0.2, 0.25) is 0 Å². The minimum absolute atomic E-state index is 0. The molecule has 1 aliphatic heterocycles. The van der Waals surface area contributed by atoms with Gasteiger partial charge in [0.05, 0.1) is 25.3 Å². The van der Waals surface area contributed by atoms with Gasteiger partial charge in [-0.3, -0.25) is 9.59 Å². The Hall–Kier alpha value is -1.86. The first-order valence-electron chi connectivity index (χ1n) is 6.24. The van der Waals surface area contributed by atoms with Crippen molar-refractivity contribution >= 4 is 29.9 Å². The minimum Gasteiger partial charge on any atom is -0.487 e. The average Bonchev–Trinajstić information content (AvgIpc) is 2.42. The maximum Gasteiger partial charge on any atom is 0.246 e. The molecule has 1 heterocycles. The number of fused-ring (bicyclic) bond motifs is 1. The van der Waals surface area contributed by atoms with Gasteiger partial charge in [-0.1, -0.05) is 0 Å². The van der Waals surface area contributed by atoms with Crippen molar-refractivity contribution in [2.75, 3.05) is 24.5 Å². The van der Waals surface area contributed by atoms with Gasteiger partial charge in [0, 0.05) is 6.07 Å². The summed E-state index contributed by atoms with van der Waals surface area (Å²) in [5.74, 6) is -0.808. The molecule has 2 amide bonds. The van der Waals surface area contributed by atoms with E-state index in [0.717, 1.165) is 0 Å². The second-order valence-electron chi connectivity index (χ2n) is 4.53. The van der Waals surface area contributed by atoms with Crippen LogP contribution in [0.15, 0.2) is 18.2 Å². The standard InChI is InChI=1S/C13H16FN3O3.ClH/c1-8-7-17(13(19)6-16-12(18)5-15)10-3-2-9(14)4-11(10)20-8;/h2-4,8H,5-7,15H2,1H3,(H,16,18);1H. The zero-order chi connectivity index (χ0) is 14.7. The number of carbonyl (C=O) groups is 2. The number of ether oxygens (including phenoxy) is 1. The molecule has 0 fully saturated rings. The van der Waals surface area contributed by atoms with Crippen LogP contribution in [-0.2, 0) is 9.59 Å². The number of nitrogens with two attached hydrogens (primary N) is 1. The number of anilines is 1. The fourth-order valence-electron chi connectivity index (χ4n) is 1.99. The Morgan fingerprint density at radius 1 is 1.52 bits per heavy atom. The topological polar surface area (TPSA) is 84.7 Å². The molecule has 2 rings (SSSR count). The summed E-state index contributed by atoms with van der Waals surface area (Å²) in [6.45, 7) is 1.80. The van der Waals surface area contributed by atoms with Crippen LogP contribution in [0.5, 0.6) is 5.75 Å². The van der Waals surface area contributed by atoms with Gasteiger partial charge in [0.1, 0.15) is 17.7 Å². The van der Waals surface area contributed by atoms with Crippen LogP contribution in [0.3, 0.4) is 0 Å². The molecule has 0 aliphatic carbocycles. The van der Waals surface area contributed by atoms with Gasteiger partial charge < -0.3 is 20.7 Å². The summed E-state index contributed by atoms with van der Waals surface area (Å²) < 4.78 is 18.7. The van der Waals surface area contributed by atoms with E-state index in [-0.39, 0.29) is 37.5 Å². The van der Waals surface area contributed by atoms with E-state index in [1.807, 2.05) is 0 Å². The molecule has 0 bridgehead atoms. The number of halogens is 2. The first-order valence-corrected chi connectivity index (χ1v) is 6.24. The smallest absolute Gasteiger partial charge is 0.246 e. The molecular formula is C13H17ClFN3O3. The molecule has 0 saturated heterocycles. The zero-order valence-corrected chi connectivity index (χ0v) is 12.3. The van der Waals surface area contributed by atoms with Crippen molar-refractivity contribution in [1.29, 1.82) is 0 Å². The number of rotatable bonds is 3. The van der Waals surface area contributed by atoms with Crippen molar-refractivity contribution in [2.24, 2.45) is 5.73 Å². The predicted octanol–water partition coefficient (Wildman–Crippen LogP) is 0.436. The van der Waals surface area contributed by atoms with E-state index >= 15 is 0 Å².